The van der Waals surface area contributed by atoms with E-state index >= 15 is 0 Å². The first-order valence-electron chi connectivity index (χ1n) is 7.48. The number of nitrogens with zero attached hydrogens (tertiary/aromatic N) is 2. The topological polar surface area (TPSA) is 170 Å². The molecule has 3 rings (SSSR count). The Hall–Kier alpha value is -4.00. The Labute approximate surface area is 158 Å². The molecule has 0 aliphatic rings. The highest BCUT2D eigenvalue weighted by molar-refractivity contribution is 7.16. The molecular weight excluding hydrogens is 396 g/mol. The van der Waals surface area contributed by atoms with Gasteiger partial charge >= 0.3 is 28.9 Å². The van der Waals surface area contributed by atoms with Gasteiger partial charge in [0, 0.05) is 10.9 Å². The van der Waals surface area contributed by atoms with E-state index in [0.717, 1.165) is 11.3 Å². The van der Waals surface area contributed by atoms with E-state index in [1.165, 1.54) is 30.3 Å². The zero-order valence-electron chi connectivity index (χ0n) is 13.7. The molecule has 0 radical (unpaired) electrons. The molecule has 3 aromatic rings. The largest absolute Gasteiger partial charge is 0.478 e. The molecule has 0 fully saturated rings. The van der Waals surface area contributed by atoms with Crippen LogP contribution in [0.15, 0.2) is 39.9 Å². The van der Waals surface area contributed by atoms with Crippen LogP contribution in [0.5, 0.6) is 5.75 Å². The monoisotopic (exact) mass is 406 g/mol. The summed E-state index contributed by atoms with van der Waals surface area (Å²) in [5.74, 6) is -1.54. The van der Waals surface area contributed by atoms with Gasteiger partial charge in [0.05, 0.1) is 17.0 Å². The summed E-state index contributed by atoms with van der Waals surface area (Å²) in [6.07, 6.45) is -0.981. The Bertz CT molecular complexity index is 1130. The first-order valence-corrected chi connectivity index (χ1v) is 8.29. The van der Waals surface area contributed by atoms with Crippen molar-refractivity contribution < 1.29 is 24.4 Å². The molecule has 13 heteroatoms. The fourth-order valence-corrected chi connectivity index (χ4v) is 3.08. The first-order chi connectivity index (χ1) is 13.3. The quantitative estimate of drug-likeness (QED) is 0.293. The van der Waals surface area contributed by atoms with Crippen LogP contribution < -0.4 is 26.6 Å². The second kappa shape index (κ2) is 7.32. The van der Waals surface area contributed by atoms with Crippen LogP contribution in [0.1, 0.15) is 15.2 Å². The van der Waals surface area contributed by atoms with Gasteiger partial charge in [-0.15, -0.1) is 11.3 Å². The molecule has 0 spiro atoms. The number of benzene rings is 1. The molecule has 28 heavy (non-hydrogen) atoms. The average molecular weight is 406 g/mol. The highest BCUT2D eigenvalue weighted by Gasteiger charge is 2.22. The lowest BCUT2D eigenvalue weighted by atomic mass is 10.3. The predicted octanol–water partition coefficient (Wildman–Crippen LogP) is 0.916. The number of carboxylic acid groups (broad SMARTS) is 1. The first kappa shape index (κ1) is 18.8. The van der Waals surface area contributed by atoms with E-state index < -0.39 is 28.1 Å². The fourth-order valence-electron chi connectivity index (χ4n) is 2.10. The van der Waals surface area contributed by atoms with Gasteiger partial charge in [0.15, 0.2) is 0 Å². The smallest absolute Gasteiger partial charge is 0.413 e. The molecule has 0 aliphatic heterocycles. The highest BCUT2D eigenvalue weighted by atomic mass is 32.1. The van der Waals surface area contributed by atoms with E-state index in [-0.39, 0.29) is 28.5 Å². The molecule has 2 aromatic heterocycles. The van der Waals surface area contributed by atoms with Crippen LogP contribution in [-0.2, 0) is 6.54 Å². The van der Waals surface area contributed by atoms with Gasteiger partial charge < -0.3 is 15.2 Å². The van der Waals surface area contributed by atoms with Gasteiger partial charge in [-0.1, -0.05) is 12.1 Å². The molecule has 3 N–H and O–H groups in total. The minimum atomic E-state index is -1.30. The van der Waals surface area contributed by atoms with E-state index in [1.807, 2.05) is 0 Å². The maximum Gasteiger partial charge on any atom is 0.413 e. The van der Waals surface area contributed by atoms with Crippen LogP contribution >= 0.6 is 11.3 Å². The van der Waals surface area contributed by atoms with Gasteiger partial charge in [0.2, 0.25) is 5.75 Å². The number of nitro groups is 1. The molecule has 0 saturated carbocycles. The second-order valence-corrected chi connectivity index (χ2v) is 6.42. The lowest BCUT2D eigenvalue weighted by molar-refractivity contribution is -0.385. The third kappa shape index (κ3) is 3.88. The number of amides is 1. The number of nitro benzene ring substituents is 1. The number of anilines is 1. The lowest BCUT2D eigenvalue weighted by Gasteiger charge is -2.05. The summed E-state index contributed by atoms with van der Waals surface area (Å²) in [5, 5.41) is 22.5. The van der Waals surface area contributed by atoms with Crippen molar-refractivity contribution in [3.05, 3.63) is 71.6 Å². The Morgan fingerprint density at radius 1 is 1.25 bits per heavy atom. The second-order valence-electron chi connectivity index (χ2n) is 5.29. The zero-order chi connectivity index (χ0) is 20.4. The fraction of sp³-hybridized carbons (Fsp3) is 0.0667. The summed E-state index contributed by atoms with van der Waals surface area (Å²) in [5.41, 5.74) is 0.217. The molecule has 0 aliphatic carbocycles. The van der Waals surface area contributed by atoms with Crippen molar-refractivity contribution in [2.24, 2.45) is 0 Å². The number of rotatable bonds is 7. The van der Waals surface area contributed by atoms with Crippen LogP contribution in [0.4, 0.5) is 15.5 Å². The van der Waals surface area contributed by atoms with Gasteiger partial charge in [0.1, 0.15) is 5.00 Å². The molecule has 1 aromatic carbocycles. The number of aromatic nitrogens is 1. The Morgan fingerprint density at radius 3 is 2.54 bits per heavy atom. The molecule has 0 atom stereocenters. The Balaban J connectivity index is 1.67. The summed E-state index contributed by atoms with van der Waals surface area (Å²) >= 11 is 0.900. The van der Waals surface area contributed by atoms with Gasteiger partial charge in [-0.2, -0.15) is 4.68 Å². The minimum Gasteiger partial charge on any atom is -0.478 e. The highest BCUT2D eigenvalue weighted by Crippen LogP contribution is 2.29. The number of hydrogen-bond donors (Lipinski definition) is 3. The normalized spacial score (nSPS) is 10.6. The molecule has 12 nitrogen and oxygen atoms in total. The number of carbonyl (C=O) groups is 2. The molecule has 1 amide bonds. The molecular formula is C15H10N4O8S. The molecule has 0 saturated heterocycles. The van der Waals surface area contributed by atoms with Gasteiger partial charge in [-0.25, -0.2) is 9.59 Å². The molecule has 0 unspecified atom stereocenters. The van der Waals surface area contributed by atoms with Crippen LogP contribution in [0, 0.1) is 10.1 Å². The molecule has 0 bridgehead atoms. The van der Waals surface area contributed by atoms with Crippen molar-refractivity contribution in [2.45, 2.75) is 6.54 Å². The number of nitrogens with one attached hydrogen (secondary N) is 2. The molecule has 2 heterocycles. The Kier molecular flexibility index (Phi) is 4.91. The average Bonchev–Trinajstić information content (AvgIpc) is 3.05. The minimum absolute atomic E-state index is 0.0376. The van der Waals surface area contributed by atoms with Crippen molar-refractivity contribution in [1.29, 1.82) is 0 Å². The summed E-state index contributed by atoms with van der Waals surface area (Å²) < 4.78 is 5.55. The summed E-state index contributed by atoms with van der Waals surface area (Å²) in [7, 11) is 0. The lowest BCUT2D eigenvalue weighted by Crippen LogP contribution is -2.26. The number of hydrogen-bond acceptors (Lipinski definition) is 9. The van der Waals surface area contributed by atoms with E-state index in [0.29, 0.717) is 9.55 Å². The molecule has 144 valence electrons. The summed E-state index contributed by atoms with van der Waals surface area (Å²) in [6.45, 7) is -0.145. The van der Waals surface area contributed by atoms with Crippen molar-refractivity contribution in [3.63, 3.8) is 0 Å². The number of para-hydroxylation sites is 2. The maximum atomic E-state index is 11.9. The predicted molar refractivity (Wildman–Crippen MR) is 95.6 cm³/mol. The van der Waals surface area contributed by atoms with Gasteiger partial charge in [0.25, 0.3) is 0 Å². The summed E-state index contributed by atoms with van der Waals surface area (Å²) in [6, 6.07) is 6.56. The van der Waals surface area contributed by atoms with Gasteiger partial charge in [-0.05, 0) is 12.1 Å². The van der Waals surface area contributed by atoms with E-state index in [1.54, 1.807) is 0 Å². The SMILES string of the molecule is O=C(NCc1cc(C(=O)O)c(Nn2c(=O)c2=O)s1)Oc1ccccc1[N+](=O)[O-]. The number of carboxylic acids is 1. The number of aromatic carboxylic acids is 1. The van der Waals surface area contributed by atoms with Crippen LogP contribution in [0.2, 0.25) is 0 Å². The van der Waals surface area contributed by atoms with Crippen molar-refractivity contribution in [2.75, 3.05) is 5.43 Å². The van der Waals surface area contributed by atoms with Gasteiger partial charge in [-0.3, -0.25) is 25.1 Å². The van der Waals surface area contributed by atoms with Crippen molar-refractivity contribution in [1.82, 2.24) is 9.99 Å². The van der Waals surface area contributed by atoms with Crippen molar-refractivity contribution >= 4 is 34.1 Å². The number of ether oxygens (including phenoxy) is 1. The van der Waals surface area contributed by atoms with E-state index in [4.69, 9.17) is 4.74 Å². The van der Waals surface area contributed by atoms with Crippen LogP contribution in [-0.4, -0.2) is 26.8 Å². The third-order valence-corrected chi connectivity index (χ3v) is 4.48. The third-order valence-electron chi connectivity index (χ3n) is 3.44. The van der Waals surface area contributed by atoms with E-state index in [2.05, 4.69) is 10.7 Å². The number of carbonyl (C=O) groups excluding carboxylic acids is 1. The standard InChI is InChI=1S/C15H10N4O8S/c20-12-13(21)18(12)17-11-8(14(22)23)5-7(28-11)6-16-15(24)27-10-4-2-1-3-9(10)19(25)26/h1-5,17H,6H2,(H,16,24)(H,22,23). The summed E-state index contributed by atoms with van der Waals surface area (Å²) in [4.78, 5) is 55.8. The van der Waals surface area contributed by atoms with Crippen LogP contribution in [0.25, 0.3) is 0 Å². The van der Waals surface area contributed by atoms with Crippen molar-refractivity contribution in [3.8, 4) is 5.75 Å². The Morgan fingerprint density at radius 2 is 1.93 bits per heavy atom. The van der Waals surface area contributed by atoms with E-state index in [9.17, 15) is 34.4 Å². The zero-order valence-corrected chi connectivity index (χ0v) is 14.5. The maximum absolute atomic E-state index is 11.9. The van der Waals surface area contributed by atoms with Crippen LogP contribution in [0.3, 0.4) is 0 Å². The number of thiophene rings is 1.